The molecule has 1 aromatic rings. The number of benzene rings is 1. The van der Waals surface area contributed by atoms with Crippen LogP contribution in [0, 0.1) is 23.3 Å². The van der Waals surface area contributed by atoms with E-state index in [1.165, 1.54) is 0 Å². The van der Waals surface area contributed by atoms with Crippen LogP contribution in [0.1, 0.15) is 0 Å². The van der Waals surface area contributed by atoms with Gasteiger partial charge in [-0.25, -0.2) is 17.6 Å². The molecule has 0 unspecified atom stereocenters. The van der Waals surface area contributed by atoms with E-state index < -0.39 is 27.7 Å². The molecule has 0 atom stereocenters. The third kappa shape index (κ3) is 2.11. The number of halogens is 5. The topological polar surface area (TPSA) is 0 Å². The van der Waals surface area contributed by atoms with Crippen LogP contribution in [0.15, 0.2) is 10.5 Å². The molecule has 12 heavy (non-hydrogen) atoms. The summed E-state index contributed by atoms with van der Waals surface area (Å²) < 4.78 is 48.3. The summed E-state index contributed by atoms with van der Waals surface area (Å²) in [4.78, 5) is 0. The highest BCUT2D eigenvalue weighted by Crippen LogP contribution is 2.23. The van der Waals surface area contributed by atoms with Gasteiger partial charge in [-0.1, -0.05) is 0 Å². The molecule has 0 aliphatic carbocycles. The van der Waals surface area contributed by atoms with Crippen molar-refractivity contribution in [2.24, 2.45) is 0 Å². The Balaban J connectivity index is 0.00000121. The lowest BCUT2D eigenvalue weighted by molar-refractivity contribution is 0.446. The van der Waals surface area contributed by atoms with Gasteiger partial charge in [0.1, 0.15) is 0 Å². The zero-order valence-electron chi connectivity index (χ0n) is 4.97. The first kappa shape index (κ1) is 12.2. The van der Waals surface area contributed by atoms with Crippen LogP contribution in [0.2, 0.25) is 0 Å². The summed E-state index contributed by atoms with van der Waals surface area (Å²) in [6.45, 7) is 0. The van der Waals surface area contributed by atoms with Gasteiger partial charge in [-0.15, -0.1) is 0 Å². The van der Waals surface area contributed by atoms with Gasteiger partial charge in [0, 0.05) is 6.07 Å². The van der Waals surface area contributed by atoms with Gasteiger partial charge in [-0.3, -0.25) is 0 Å². The van der Waals surface area contributed by atoms with Crippen molar-refractivity contribution in [1.82, 2.24) is 0 Å². The summed E-state index contributed by atoms with van der Waals surface area (Å²) >= 11 is 2.35. The summed E-state index contributed by atoms with van der Waals surface area (Å²) in [5.41, 5.74) is 0. The van der Waals surface area contributed by atoms with Gasteiger partial charge in [-0.05, 0) is 15.9 Å². The van der Waals surface area contributed by atoms with E-state index in [0.717, 1.165) is 0 Å². The van der Waals surface area contributed by atoms with Crippen molar-refractivity contribution in [3.63, 3.8) is 0 Å². The van der Waals surface area contributed by atoms with Crippen molar-refractivity contribution in [3.8, 4) is 0 Å². The van der Waals surface area contributed by atoms with Crippen LogP contribution < -0.4 is 0 Å². The number of hydrogen-bond donors (Lipinski definition) is 0. The van der Waals surface area contributed by atoms with Crippen LogP contribution in [-0.4, -0.2) is 23.1 Å². The summed E-state index contributed by atoms with van der Waals surface area (Å²) in [5.74, 6) is -5.70. The molecule has 0 aromatic heterocycles. The fourth-order valence-electron chi connectivity index (χ4n) is 0.544. The molecule has 1 rings (SSSR count). The smallest absolute Gasteiger partial charge is 0.204 e. The van der Waals surface area contributed by atoms with Crippen molar-refractivity contribution in [2.45, 2.75) is 0 Å². The van der Waals surface area contributed by atoms with E-state index in [1.54, 1.807) is 0 Å². The quantitative estimate of drug-likeness (QED) is 0.288. The lowest BCUT2D eigenvalue weighted by atomic mass is 10.3. The molecule has 0 radical (unpaired) electrons. The Morgan fingerprint density at radius 1 is 0.917 bits per heavy atom. The van der Waals surface area contributed by atoms with Crippen LogP contribution >= 0.6 is 15.9 Å². The second kappa shape index (κ2) is 4.43. The minimum atomic E-state index is -1.43. The maximum Gasteiger partial charge on any atom is 0.316 e. The predicted molar refractivity (Wildman–Crippen MR) is 42.5 cm³/mol. The van der Waals surface area contributed by atoms with Crippen LogP contribution in [0.3, 0.4) is 0 Å². The molecule has 0 aliphatic heterocycles. The standard InChI is InChI=1S/C6HBrF4.Mg.2H/c7-4-5(10)2(8)1-3(9)6(4)11;;;/h1H;;;. The van der Waals surface area contributed by atoms with Crippen LogP contribution in [0.4, 0.5) is 17.6 Å². The molecular weight excluding hydrogens is 252 g/mol. The van der Waals surface area contributed by atoms with Gasteiger partial charge in [0.2, 0.25) is 0 Å². The molecular formula is C6H3BrF4Mg. The van der Waals surface area contributed by atoms with Gasteiger partial charge in [-0.2, -0.15) is 0 Å². The lowest BCUT2D eigenvalue weighted by Gasteiger charge is -1.98. The summed E-state index contributed by atoms with van der Waals surface area (Å²) in [7, 11) is 0. The molecule has 1 aromatic carbocycles. The van der Waals surface area contributed by atoms with Gasteiger partial charge in [0.25, 0.3) is 0 Å². The zero-order valence-corrected chi connectivity index (χ0v) is 6.55. The Kier molecular flexibility index (Phi) is 4.50. The minimum absolute atomic E-state index is 0. The SMILES string of the molecule is Fc1cc(F)c(F)c(Br)c1F.[MgH2]. The first-order valence-electron chi connectivity index (χ1n) is 2.52. The molecule has 0 fully saturated rings. The van der Waals surface area contributed by atoms with Gasteiger partial charge >= 0.3 is 23.1 Å². The largest absolute Gasteiger partial charge is 0.316 e. The molecule has 0 nitrogen and oxygen atoms in total. The van der Waals surface area contributed by atoms with Crippen LogP contribution in [0.5, 0.6) is 0 Å². The summed E-state index contributed by atoms with van der Waals surface area (Å²) in [5, 5.41) is 0. The maximum absolute atomic E-state index is 12.3. The Bertz CT molecular complexity index is 276. The second-order valence-electron chi connectivity index (χ2n) is 1.78. The molecule has 0 aliphatic rings. The fraction of sp³-hybridized carbons (Fsp3) is 0. The number of hydrogen-bond acceptors (Lipinski definition) is 0. The molecule has 64 valence electrons. The highest BCUT2D eigenvalue weighted by atomic mass is 79.9. The number of rotatable bonds is 0. The van der Waals surface area contributed by atoms with E-state index in [0.29, 0.717) is 0 Å². The van der Waals surface area contributed by atoms with Crippen LogP contribution in [-0.2, 0) is 0 Å². The highest BCUT2D eigenvalue weighted by Gasteiger charge is 2.15. The average Bonchev–Trinajstić information content (AvgIpc) is 1.97. The second-order valence-corrected chi connectivity index (χ2v) is 2.58. The van der Waals surface area contributed by atoms with E-state index >= 15 is 0 Å². The molecule has 0 saturated carbocycles. The molecule has 0 saturated heterocycles. The first-order chi connectivity index (χ1) is 5.04. The monoisotopic (exact) mass is 254 g/mol. The Morgan fingerprint density at radius 3 is 1.58 bits per heavy atom. The molecule has 0 amide bonds. The normalized spacial score (nSPS) is 9.42. The third-order valence-corrected chi connectivity index (χ3v) is 1.75. The maximum atomic E-state index is 12.3. The van der Waals surface area contributed by atoms with Crippen LogP contribution in [0.25, 0.3) is 0 Å². The first-order valence-corrected chi connectivity index (χ1v) is 3.32. The summed E-state index contributed by atoms with van der Waals surface area (Å²) in [6, 6.07) is 0.148. The van der Waals surface area contributed by atoms with E-state index in [1.807, 2.05) is 0 Å². The van der Waals surface area contributed by atoms with Crippen molar-refractivity contribution in [3.05, 3.63) is 33.8 Å². The van der Waals surface area contributed by atoms with Crippen molar-refractivity contribution in [1.29, 1.82) is 0 Å². The molecule has 0 heterocycles. The predicted octanol–water partition coefficient (Wildman–Crippen LogP) is 2.09. The van der Waals surface area contributed by atoms with E-state index in [-0.39, 0.29) is 29.1 Å². The Hall–Kier alpha value is 0.186. The zero-order chi connectivity index (χ0) is 8.59. The molecule has 0 bridgehead atoms. The van der Waals surface area contributed by atoms with Gasteiger partial charge in [0.05, 0.1) is 4.47 Å². The highest BCUT2D eigenvalue weighted by molar-refractivity contribution is 9.10. The van der Waals surface area contributed by atoms with Gasteiger partial charge in [0.15, 0.2) is 23.3 Å². The Morgan fingerprint density at radius 2 is 1.25 bits per heavy atom. The fourth-order valence-corrected chi connectivity index (χ4v) is 0.923. The van der Waals surface area contributed by atoms with E-state index in [2.05, 4.69) is 15.9 Å². The lowest BCUT2D eigenvalue weighted by Crippen LogP contribution is -1.94. The Labute approximate surface area is 90.2 Å². The van der Waals surface area contributed by atoms with Crippen molar-refractivity contribution < 1.29 is 17.6 Å². The van der Waals surface area contributed by atoms with E-state index in [4.69, 9.17) is 0 Å². The minimum Gasteiger partial charge on any atom is -0.204 e. The third-order valence-electron chi connectivity index (χ3n) is 1.06. The van der Waals surface area contributed by atoms with Crippen molar-refractivity contribution in [2.75, 3.05) is 0 Å². The van der Waals surface area contributed by atoms with E-state index in [9.17, 15) is 17.6 Å². The molecule has 0 N–H and O–H groups in total. The average molecular weight is 255 g/mol. The molecule has 0 spiro atoms. The van der Waals surface area contributed by atoms with Crippen molar-refractivity contribution >= 4 is 39.0 Å². The molecule has 6 heteroatoms. The summed E-state index contributed by atoms with van der Waals surface area (Å²) in [6.07, 6.45) is 0. The van der Waals surface area contributed by atoms with Gasteiger partial charge < -0.3 is 0 Å².